The van der Waals surface area contributed by atoms with Crippen LogP contribution in [0.25, 0.3) is 0 Å². The quantitative estimate of drug-likeness (QED) is 0.875. The van der Waals surface area contributed by atoms with E-state index in [1.807, 2.05) is 0 Å². The van der Waals surface area contributed by atoms with Crippen LogP contribution in [0.5, 0.6) is 0 Å². The monoisotopic (exact) mass is 361 g/mol. The van der Waals surface area contributed by atoms with E-state index < -0.39 is 10.0 Å². The van der Waals surface area contributed by atoms with Crippen molar-refractivity contribution in [2.45, 2.75) is 4.90 Å². The van der Waals surface area contributed by atoms with E-state index in [-0.39, 0.29) is 10.8 Å². The molecule has 1 heterocycles. The summed E-state index contributed by atoms with van der Waals surface area (Å²) in [5.41, 5.74) is 0.829. The summed E-state index contributed by atoms with van der Waals surface area (Å²) < 4.78 is 27.0. The Morgan fingerprint density at radius 2 is 1.75 bits per heavy atom. The zero-order valence-electron chi connectivity index (χ0n) is 12.6. The fourth-order valence-corrected chi connectivity index (χ4v) is 3.89. The second-order valence-corrected chi connectivity index (χ2v) is 7.75. The van der Waals surface area contributed by atoms with Crippen LogP contribution in [0.2, 0.25) is 0 Å². The van der Waals surface area contributed by atoms with Crippen molar-refractivity contribution in [2.24, 2.45) is 4.99 Å². The Bertz CT molecular complexity index is 863. The van der Waals surface area contributed by atoms with Gasteiger partial charge in [0.2, 0.25) is 0 Å². The van der Waals surface area contributed by atoms with E-state index >= 15 is 0 Å². The Morgan fingerprint density at radius 3 is 2.38 bits per heavy atom. The zero-order chi connectivity index (χ0) is 17.0. The molecule has 2 aromatic rings. The van der Waals surface area contributed by atoms with Gasteiger partial charge in [0.15, 0.2) is 5.17 Å². The first-order valence-corrected chi connectivity index (χ1v) is 9.68. The van der Waals surface area contributed by atoms with Gasteiger partial charge in [-0.25, -0.2) is 8.42 Å². The number of nitrogens with zero attached hydrogens (tertiary/aromatic N) is 1. The van der Waals surface area contributed by atoms with Crippen LogP contribution in [0, 0.1) is 0 Å². The predicted molar refractivity (Wildman–Crippen MR) is 95.9 cm³/mol. The molecule has 0 radical (unpaired) electrons. The van der Waals surface area contributed by atoms with Gasteiger partial charge in [-0.1, -0.05) is 30.0 Å². The summed E-state index contributed by atoms with van der Waals surface area (Å²) in [5.74, 6) is 0.608. The molecule has 1 aliphatic rings. The number of thioether (sulfide) groups is 1. The molecule has 1 amide bonds. The molecule has 0 bridgehead atoms. The van der Waals surface area contributed by atoms with Crippen molar-refractivity contribution in [3.63, 3.8) is 0 Å². The maximum absolute atomic E-state index is 12.2. The number of hydrogen-bond acceptors (Lipinski definition) is 5. The highest BCUT2D eigenvalue weighted by Crippen LogP contribution is 2.17. The maximum atomic E-state index is 12.2. The lowest BCUT2D eigenvalue weighted by Gasteiger charge is -2.09. The van der Waals surface area contributed by atoms with Gasteiger partial charge in [0.05, 0.1) is 11.4 Å². The minimum atomic E-state index is -3.64. The van der Waals surface area contributed by atoms with E-state index in [0.717, 1.165) is 5.75 Å². The molecular formula is C16H15N3O3S2. The normalized spacial score (nSPS) is 14.1. The number of hydrogen-bond donors (Lipinski definition) is 2. The average molecular weight is 361 g/mol. The van der Waals surface area contributed by atoms with Gasteiger partial charge in [0, 0.05) is 17.0 Å². The SMILES string of the molecule is O=C(NC1=NCCS1)c1ccc(NS(=O)(=O)c2ccccc2)cc1. The Balaban J connectivity index is 1.69. The van der Waals surface area contributed by atoms with Crippen molar-refractivity contribution in [1.82, 2.24) is 5.32 Å². The number of amides is 1. The highest BCUT2D eigenvalue weighted by atomic mass is 32.2. The molecule has 24 heavy (non-hydrogen) atoms. The second kappa shape index (κ2) is 7.06. The fraction of sp³-hybridized carbons (Fsp3) is 0.125. The average Bonchev–Trinajstić information content (AvgIpc) is 3.09. The molecule has 6 nitrogen and oxygen atoms in total. The van der Waals surface area contributed by atoms with Crippen molar-refractivity contribution >= 4 is 38.5 Å². The Labute approximate surface area is 144 Å². The minimum absolute atomic E-state index is 0.183. The minimum Gasteiger partial charge on any atom is -0.301 e. The second-order valence-electron chi connectivity index (χ2n) is 4.99. The molecule has 0 fully saturated rings. The first kappa shape index (κ1) is 16.5. The number of carbonyl (C=O) groups excluding carboxylic acids is 1. The van der Waals surface area contributed by atoms with Gasteiger partial charge in [-0.2, -0.15) is 0 Å². The topological polar surface area (TPSA) is 87.6 Å². The van der Waals surface area contributed by atoms with Gasteiger partial charge in [0.1, 0.15) is 0 Å². The third-order valence-electron chi connectivity index (χ3n) is 3.26. The molecule has 0 atom stereocenters. The summed E-state index contributed by atoms with van der Waals surface area (Å²) in [6, 6.07) is 14.3. The van der Waals surface area contributed by atoms with Crippen molar-refractivity contribution in [2.75, 3.05) is 17.0 Å². The van der Waals surface area contributed by atoms with Crippen LogP contribution in [0.15, 0.2) is 64.5 Å². The number of aliphatic imine (C=N–C) groups is 1. The summed E-state index contributed by atoms with van der Waals surface area (Å²) in [4.78, 5) is 16.4. The predicted octanol–water partition coefficient (Wildman–Crippen LogP) is 2.32. The molecular weight excluding hydrogens is 346 g/mol. The molecule has 8 heteroatoms. The molecule has 2 N–H and O–H groups in total. The smallest absolute Gasteiger partial charge is 0.261 e. The number of nitrogens with one attached hydrogen (secondary N) is 2. The van der Waals surface area contributed by atoms with Gasteiger partial charge in [-0.05, 0) is 36.4 Å². The fourth-order valence-electron chi connectivity index (χ4n) is 2.08. The van der Waals surface area contributed by atoms with Gasteiger partial charge in [-0.15, -0.1) is 0 Å². The van der Waals surface area contributed by atoms with Crippen LogP contribution in [-0.2, 0) is 10.0 Å². The summed E-state index contributed by atoms with van der Waals surface area (Å²) in [7, 11) is -3.64. The Hall–Kier alpha value is -2.32. The van der Waals surface area contributed by atoms with Crippen LogP contribution in [0.4, 0.5) is 5.69 Å². The third kappa shape index (κ3) is 3.95. The summed E-state index contributed by atoms with van der Waals surface area (Å²) >= 11 is 1.50. The largest absolute Gasteiger partial charge is 0.301 e. The molecule has 0 saturated heterocycles. The van der Waals surface area contributed by atoms with Gasteiger partial charge >= 0.3 is 0 Å². The number of carbonyl (C=O) groups is 1. The molecule has 0 aliphatic carbocycles. The van der Waals surface area contributed by atoms with E-state index in [4.69, 9.17) is 0 Å². The summed E-state index contributed by atoms with van der Waals surface area (Å²) in [6.07, 6.45) is 0. The van der Waals surface area contributed by atoms with Gasteiger partial charge in [-0.3, -0.25) is 14.5 Å². The maximum Gasteiger partial charge on any atom is 0.261 e. The first-order valence-electron chi connectivity index (χ1n) is 7.21. The van der Waals surface area contributed by atoms with Crippen LogP contribution < -0.4 is 10.0 Å². The highest BCUT2D eigenvalue weighted by Gasteiger charge is 2.15. The van der Waals surface area contributed by atoms with Crippen LogP contribution >= 0.6 is 11.8 Å². The van der Waals surface area contributed by atoms with Crippen molar-refractivity contribution < 1.29 is 13.2 Å². The number of rotatable bonds is 4. The molecule has 124 valence electrons. The zero-order valence-corrected chi connectivity index (χ0v) is 14.2. The van der Waals surface area contributed by atoms with E-state index in [9.17, 15) is 13.2 Å². The molecule has 0 aromatic heterocycles. The van der Waals surface area contributed by atoms with Crippen molar-refractivity contribution in [1.29, 1.82) is 0 Å². The summed E-state index contributed by atoms with van der Waals surface area (Å²) in [6.45, 7) is 0.709. The lowest BCUT2D eigenvalue weighted by atomic mass is 10.2. The molecule has 1 aliphatic heterocycles. The van der Waals surface area contributed by atoms with E-state index in [1.54, 1.807) is 42.5 Å². The van der Waals surface area contributed by atoms with Crippen molar-refractivity contribution in [3.8, 4) is 0 Å². The van der Waals surface area contributed by atoms with Crippen LogP contribution in [0.1, 0.15) is 10.4 Å². The summed E-state index contributed by atoms with van der Waals surface area (Å²) in [5, 5.41) is 3.34. The molecule has 0 spiro atoms. The van der Waals surface area contributed by atoms with E-state index in [0.29, 0.717) is 23.0 Å². The first-order chi connectivity index (χ1) is 11.5. The van der Waals surface area contributed by atoms with E-state index in [2.05, 4.69) is 15.0 Å². The number of benzene rings is 2. The van der Waals surface area contributed by atoms with Gasteiger partial charge in [0.25, 0.3) is 15.9 Å². The standard InChI is InChI=1S/C16H15N3O3S2/c20-15(18-16-17-10-11-23-16)12-6-8-13(9-7-12)19-24(21,22)14-4-2-1-3-5-14/h1-9,19H,10-11H2,(H,17,18,20). The van der Waals surface area contributed by atoms with Gasteiger partial charge < -0.3 is 5.32 Å². The lowest BCUT2D eigenvalue weighted by Crippen LogP contribution is -2.27. The number of anilines is 1. The van der Waals surface area contributed by atoms with Crippen molar-refractivity contribution in [3.05, 3.63) is 60.2 Å². The molecule has 0 unspecified atom stereocenters. The third-order valence-corrected chi connectivity index (χ3v) is 5.55. The van der Waals surface area contributed by atoms with Crippen LogP contribution in [0.3, 0.4) is 0 Å². The Morgan fingerprint density at radius 1 is 1.04 bits per heavy atom. The molecule has 3 rings (SSSR count). The lowest BCUT2D eigenvalue weighted by molar-refractivity contribution is 0.0978. The molecule has 0 saturated carbocycles. The highest BCUT2D eigenvalue weighted by molar-refractivity contribution is 8.14. The number of amidine groups is 1. The van der Waals surface area contributed by atoms with E-state index in [1.165, 1.54) is 23.9 Å². The number of sulfonamides is 1. The van der Waals surface area contributed by atoms with Crippen LogP contribution in [-0.4, -0.2) is 31.8 Å². The Kier molecular flexibility index (Phi) is 4.86. The molecule has 2 aromatic carbocycles.